The molecule has 4 rings (SSSR count). The fourth-order valence-electron chi connectivity index (χ4n) is 4.62. The molecular formula is C23H37N5O. The molecule has 0 bridgehead atoms. The van der Waals surface area contributed by atoms with Crippen LogP contribution in [-0.4, -0.2) is 71.5 Å². The van der Waals surface area contributed by atoms with Crippen molar-refractivity contribution in [2.75, 3.05) is 37.6 Å². The number of nitrogens with zero attached hydrogens (tertiary/aromatic N) is 4. The number of aromatic nitrogens is 1. The Kier molecular flexibility index (Phi) is 7.30. The minimum Gasteiger partial charge on any atom is -0.371 e. The summed E-state index contributed by atoms with van der Waals surface area (Å²) in [7, 11) is 0. The fraction of sp³-hybridized carbons (Fsp3) is 0.652. The average molecular weight is 400 g/mol. The molecule has 0 aliphatic carbocycles. The van der Waals surface area contributed by atoms with Crippen molar-refractivity contribution in [3.05, 3.63) is 36.2 Å². The second kappa shape index (κ2) is 9.72. The number of pyridine rings is 1. The van der Waals surface area contributed by atoms with Gasteiger partial charge in [-0.25, -0.2) is 4.98 Å². The van der Waals surface area contributed by atoms with Gasteiger partial charge in [-0.3, -0.25) is 14.6 Å². The van der Waals surface area contributed by atoms with Gasteiger partial charge in [0.25, 0.3) is 0 Å². The number of aryl methyl sites for hydroxylation is 1. The Labute approximate surface area is 176 Å². The van der Waals surface area contributed by atoms with E-state index in [0.29, 0.717) is 24.5 Å². The van der Waals surface area contributed by atoms with Gasteiger partial charge in [0.05, 0.1) is 0 Å². The molecule has 0 spiro atoms. The Hall–Kier alpha value is -1.92. The molecule has 160 valence electrons. The largest absolute Gasteiger partial charge is 0.371 e. The summed E-state index contributed by atoms with van der Waals surface area (Å²) >= 11 is 0. The zero-order valence-corrected chi connectivity index (χ0v) is 18.5. The van der Waals surface area contributed by atoms with Crippen LogP contribution in [0.5, 0.6) is 0 Å². The van der Waals surface area contributed by atoms with Gasteiger partial charge in [0.2, 0.25) is 5.91 Å². The lowest BCUT2D eigenvalue weighted by Gasteiger charge is -2.40. The summed E-state index contributed by atoms with van der Waals surface area (Å²) < 4.78 is 0. The van der Waals surface area contributed by atoms with Gasteiger partial charge in [0.1, 0.15) is 5.82 Å². The maximum Gasteiger partial charge on any atom is 0.229 e. The average Bonchev–Trinajstić information content (AvgIpc) is 3.35. The summed E-state index contributed by atoms with van der Waals surface area (Å²) in [5, 5.41) is 3.64. The van der Waals surface area contributed by atoms with E-state index in [1.807, 2.05) is 43.9 Å². The van der Waals surface area contributed by atoms with E-state index in [-0.39, 0.29) is 5.91 Å². The van der Waals surface area contributed by atoms with Crippen molar-refractivity contribution in [2.24, 2.45) is 0 Å². The maximum absolute atomic E-state index is 12.5. The minimum absolute atomic E-state index is 0.189. The van der Waals surface area contributed by atoms with Crippen LogP contribution in [0, 0.1) is 6.92 Å². The summed E-state index contributed by atoms with van der Waals surface area (Å²) in [5.74, 6) is 0.977. The van der Waals surface area contributed by atoms with E-state index >= 15 is 0 Å². The first kappa shape index (κ1) is 21.8. The highest BCUT2D eigenvalue weighted by Gasteiger charge is 2.36. The molecule has 0 radical (unpaired) electrons. The monoisotopic (exact) mass is 399 g/mol. The second-order valence-electron chi connectivity index (χ2n) is 8.21. The van der Waals surface area contributed by atoms with Crippen LogP contribution >= 0.6 is 0 Å². The molecule has 3 aliphatic heterocycles. The molecule has 6 nitrogen and oxygen atoms in total. The second-order valence-corrected chi connectivity index (χ2v) is 8.21. The molecule has 1 N–H and O–H groups in total. The quantitative estimate of drug-likeness (QED) is 0.844. The number of hydrogen-bond acceptors (Lipinski definition) is 5. The van der Waals surface area contributed by atoms with Crippen LogP contribution in [0.2, 0.25) is 0 Å². The fourth-order valence-corrected chi connectivity index (χ4v) is 4.62. The smallest absolute Gasteiger partial charge is 0.229 e. The van der Waals surface area contributed by atoms with Gasteiger partial charge in [-0.1, -0.05) is 26.5 Å². The third-order valence-corrected chi connectivity index (χ3v) is 6.27. The van der Waals surface area contributed by atoms with Gasteiger partial charge in [0, 0.05) is 68.7 Å². The molecule has 3 unspecified atom stereocenters. The van der Waals surface area contributed by atoms with Gasteiger partial charge < -0.3 is 10.2 Å². The summed E-state index contributed by atoms with van der Waals surface area (Å²) in [5.41, 5.74) is 2.19. The first-order chi connectivity index (χ1) is 14.0. The van der Waals surface area contributed by atoms with Gasteiger partial charge in [0.15, 0.2) is 0 Å². The summed E-state index contributed by atoms with van der Waals surface area (Å²) in [6, 6.07) is 7.19. The predicted octanol–water partition coefficient (Wildman–Crippen LogP) is 2.79. The van der Waals surface area contributed by atoms with E-state index in [9.17, 15) is 4.79 Å². The topological polar surface area (TPSA) is 51.7 Å². The lowest BCUT2D eigenvalue weighted by molar-refractivity contribution is -0.117. The number of piperazine rings is 1. The highest BCUT2D eigenvalue weighted by Crippen LogP contribution is 2.26. The molecule has 3 fully saturated rings. The zero-order chi connectivity index (χ0) is 21.0. The molecule has 29 heavy (non-hydrogen) atoms. The molecule has 1 aromatic heterocycles. The van der Waals surface area contributed by atoms with Crippen molar-refractivity contribution >= 4 is 11.7 Å². The van der Waals surface area contributed by atoms with Crippen LogP contribution in [0.4, 0.5) is 5.82 Å². The van der Waals surface area contributed by atoms with E-state index in [0.717, 1.165) is 44.2 Å². The number of rotatable bonds is 4. The summed E-state index contributed by atoms with van der Waals surface area (Å²) in [6.07, 6.45) is 3.02. The normalized spacial score (nSPS) is 27.7. The van der Waals surface area contributed by atoms with E-state index < -0.39 is 0 Å². The van der Waals surface area contributed by atoms with Crippen molar-refractivity contribution in [3.8, 4) is 0 Å². The molecule has 0 saturated carbocycles. The van der Waals surface area contributed by atoms with Gasteiger partial charge >= 0.3 is 0 Å². The highest BCUT2D eigenvalue weighted by atomic mass is 16.2. The van der Waals surface area contributed by atoms with Crippen LogP contribution < -0.4 is 10.2 Å². The van der Waals surface area contributed by atoms with Gasteiger partial charge in [-0.15, -0.1) is 0 Å². The Morgan fingerprint density at radius 2 is 1.90 bits per heavy atom. The summed E-state index contributed by atoms with van der Waals surface area (Å²) in [4.78, 5) is 23.8. The van der Waals surface area contributed by atoms with Gasteiger partial charge in [-0.2, -0.15) is 0 Å². The van der Waals surface area contributed by atoms with Crippen LogP contribution in [0.1, 0.15) is 45.7 Å². The molecule has 1 amide bonds. The number of nitrogens with one attached hydrogen (secondary N) is 1. The van der Waals surface area contributed by atoms with Crippen LogP contribution in [0.3, 0.4) is 0 Å². The SMILES string of the molecule is C=C(C1CCC(C)N1)N1CCN(C2CC(=O)N(c3cccc(C)n3)C2)CC1.CC. The molecule has 0 aromatic carbocycles. The highest BCUT2D eigenvalue weighted by molar-refractivity contribution is 5.95. The molecular weight excluding hydrogens is 362 g/mol. The van der Waals surface area contributed by atoms with Crippen LogP contribution in [0.25, 0.3) is 0 Å². The molecule has 3 aliphatic rings. The Bertz CT molecular complexity index is 713. The number of carbonyl (C=O) groups excluding carboxylic acids is 1. The van der Waals surface area contributed by atoms with Crippen LogP contribution in [-0.2, 0) is 4.79 Å². The third kappa shape index (κ3) is 4.98. The number of carbonyl (C=O) groups is 1. The van der Waals surface area contributed by atoms with E-state index in [2.05, 4.69) is 33.6 Å². The zero-order valence-electron chi connectivity index (χ0n) is 18.5. The maximum atomic E-state index is 12.5. The molecule has 1 aromatic rings. The third-order valence-electron chi connectivity index (χ3n) is 6.27. The molecule has 6 heteroatoms. The Morgan fingerprint density at radius 3 is 2.52 bits per heavy atom. The van der Waals surface area contributed by atoms with Crippen molar-refractivity contribution < 1.29 is 4.79 Å². The number of anilines is 1. The van der Waals surface area contributed by atoms with E-state index in [1.54, 1.807) is 0 Å². The lowest BCUT2D eigenvalue weighted by Crippen LogP contribution is -2.52. The number of amides is 1. The van der Waals surface area contributed by atoms with Crippen molar-refractivity contribution in [3.63, 3.8) is 0 Å². The Balaban J connectivity index is 0.00000117. The van der Waals surface area contributed by atoms with Gasteiger partial charge in [-0.05, 0) is 38.8 Å². The predicted molar refractivity (Wildman–Crippen MR) is 119 cm³/mol. The van der Waals surface area contributed by atoms with Crippen molar-refractivity contribution in [1.29, 1.82) is 0 Å². The minimum atomic E-state index is 0.189. The Morgan fingerprint density at radius 1 is 1.17 bits per heavy atom. The molecule has 4 heterocycles. The van der Waals surface area contributed by atoms with E-state index in [1.165, 1.54) is 18.5 Å². The first-order valence-corrected chi connectivity index (χ1v) is 11.2. The van der Waals surface area contributed by atoms with Crippen LogP contribution in [0.15, 0.2) is 30.5 Å². The van der Waals surface area contributed by atoms with Crippen molar-refractivity contribution in [1.82, 2.24) is 20.1 Å². The molecule has 3 saturated heterocycles. The first-order valence-electron chi connectivity index (χ1n) is 11.2. The summed E-state index contributed by atoms with van der Waals surface area (Å²) in [6.45, 7) is 17.3. The molecule has 3 atom stereocenters. The van der Waals surface area contributed by atoms with Crippen molar-refractivity contribution in [2.45, 2.75) is 65.1 Å². The standard InChI is InChI=1S/C21H31N5O.C2H6/c1-15-5-4-6-20(23-15)26-14-18(13-21(26)27)25-11-9-24(10-12-25)17(3)19-8-7-16(2)22-19;1-2/h4-6,16,18-19,22H,3,7-14H2,1-2H3;1-2H3. The number of hydrogen-bond donors (Lipinski definition) is 1. The lowest BCUT2D eigenvalue weighted by atomic mass is 10.1. The van der Waals surface area contributed by atoms with E-state index in [4.69, 9.17) is 0 Å².